The quantitative estimate of drug-likeness (QED) is 0.135. The number of aromatic nitrogens is 1. The molecule has 13 nitrogen and oxygen atoms in total. The number of hydrogen-bond donors (Lipinski definition) is 4. The summed E-state index contributed by atoms with van der Waals surface area (Å²) < 4.78 is 23.3. The lowest BCUT2D eigenvalue weighted by molar-refractivity contribution is -0.169. The molecule has 2 bridgehead atoms. The summed E-state index contributed by atoms with van der Waals surface area (Å²) in [5.74, 6) is -0.1000. The minimum absolute atomic E-state index is 0.0688. The molecule has 3 amide bonds. The predicted octanol–water partition coefficient (Wildman–Crippen LogP) is 5.62. The molecule has 56 heavy (non-hydrogen) atoms. The van der Waals surface area contributed by atoms with Gasteiger partial charge in [-0.05, 0) is 54.4 Å². The van der Waals surface area contributed by atoms with E-state index in [1.165, 1.54) is 0 Å². The van der Waals surface area contributed by atoms with Crippen LogP contribution in [0.25, 0.3) is 11.3 Å². The Bertz CT molecular complexity index is 1740. The van der Waals surface area contributed by atoms with Crippen molar-refractivity contribution in [2.45, 2.75) is 104 Å². The van der Waals surface area contributed by atoms with Crippen molar-refractivity contribution < 1.29 is 38.4 Å². The van der Waals surface area contributed by atoms with E-state index in [4.69, 9.17) is 18.9 Å². The number of hydrogen-bond acceptors (Lipinski definition) is 10. The highest BCUT2D eigenvalue weighted by Crippen LogP contribution is 2.49. The number of fused-ring (bicyclic) bond motifs is 1. The van der Waals surface area contributed by atoms with Gasteiger partial charge < -0.3 is 34.7 Å². The van der Waals surface area contributed by atoms with Crippen LogP contribution in [0, 0.1) is 23.2 Å². The van der Waals surface area contributed by atoms with Gasteiger partial charge in [0, 0.05) is 42.6 Å². The number of hydrazine groups is 1. The maximum atomic E-state index is 14.1. The second-order valence-electron chi connectivity index (χ2n) is 16.3. The van der Waals surface area contributed by atoms with E-state index in [0.29, 0.717) is 32.5 Å². The Morgan fingerprint density at radius 2 is 1.61 bits per heavy atom. The molecule has 1 saturated carbocycles. The van der Waals surface area contributed by atoms with Crippen LogP contribution in [0.4, 0.5) is 9.59 Å². The number of amides is 3. The molecule has 302 valence electrons. The van der Waals surface area contributed by atoms with Crippen LogP contribution in [0.2, 0.25) is 0 Å². The number of nitrogens with one attached hydrogen (secondary N) is 3. The van der Waals surface area contributed by atoms with Crippen molar-refractivity contribution in [2.24, 2.45) is 23.2 Å². The van der Waals surface area contributed by atoms with Crippen molar-refractivity contribution in [3.8, 4) is 11.3 Å². The average Bonchev–Trinajstić information content (AvgIpc) is 3.72. The Labute approximate surface area is 329 Å². The molecule has 2 aromatic carbocycles. The third-order valence-electron chi connectivity index (χ3n) is 11.1. The number of benzene rings is 2. The summed E-state index contributed by atoms with van der Waals surface area (Å²) in [5, 5.41) is 19.4. The molecule has 0 radical (unpaired) electrons. The summed E-state index contributed by atoms with van der Waals surface area (Å²) in [6, 6.07) is 21.3. The van der Waals surface area contributed by atoms with Gasteiger partial charge in [-0.15, -0.1) is 0 Å². The zero-order valence-electron chi connectivity index (χ0n) is 33.1. The lowest BCUT2D eigenvalue weighted by atomic mass is 9.86. The van der Waals surface area contributed by atoms with Crippen LogP contribution >= 0.6 is 0 Å². The fraction of sp³-hybridized carbons (Fsp3) is 0.535. The second kappa shape index (κ2) is 18.6. The van der Waals surface area contributed by atoms with Crippen molar-refractivity contribution in [3.63, 3.8) is 0 Å². The van der Waals surface area contributed by atoms with Crippen molar-refractivity contribution in [1.29, 1.82) is 0 Å². The van der Waals surface area contributed by atoms with Gasteiger partial charge in [-0.2, -0.15) is 0 Å². The van der Waals surface area contributed by atoms with Crippen molar-refractivity contribution in [1.82, 2.24) is 26.1 Å². The van der Waals surface area contributed by atoms with E-state index in [-0.39, 0.29) is 49.3 Å². The van der Waals surface area contributed by atoms with E-state index in [2.05, 4.69) is 21.0 Å². The fourth-order valence-corrected chi connectivity index (χ4v) is 8.00. The van der Waals surface area contributed by atoms with Gasteiger partial charge >= 0.3 is 12.2 Å². The van der Waals surface area contributed by atoms with Gasteiger partial charge in [0.05, 0.1) is 31.1 Å². The lowest BCUT2D eigenvalue weighted by Crippen LogP contribution is -2.59. The van der Waals surface area contributed by atoms with Gasteiger partial charge in [0.25, 0.3) is 5.91 Å². The lowest BCUT2D eigenvalue weighted by Gasteiger charge is -2.35. The number of pyridine rings is 1. The molecule has 6 rings (SSSR count). The molecule has 5 unspecified atom stereocenters. The average molecular weight is 772 g/mol. The minimum atomic E-state index is -1.16. The zero-order valence-corrected chi connectivity index (χ0v) is 33.1. The van der Waals surface area contributed by atoms with Crippen LogP contribution in [0.1, 0.15) is 65.0 Å². The summed E-state index contributed by atoms with van der Waals surface area (Å²) in [5.41, 5.74) is 5.81. The van der Waals surface area contributed by atoms with E-state index >= 15 is 0 Å². The largest absolute Gasteiger partial charge is 0.446 e. The van der Waals surface area contributed by atoms with Crippen LogP contribution < -0.4 is 16.1 Å². The smallest absolute Gasteiger partial charge is 0.408 e. The molecule has 8 atom stereocenters. The first-order chi connectivity index (χ1) is 26.9. The first-order valence-corrected chi connectivity index (χ1v) is 19.9. The number of carbonyl (C=O) groups excluding carboxylic acids is 3. The normalized spacial score (nSPS) is 23.0. The molecule has 3 heterocycles. The summed E-state index contributed by atoms with van der Waals surface area (Å²) in [4.78, 5) is 45.2. The van der Waals surface area contributed by atoms with Crippen LogP contribution in [0.15, 0.2) is 79.0 Å². The Balaban J connectivity index is 1.21. The van der Waals surface area contributed by atoms with Crippen LogP contribution in [-0.4, -0.2) is 89.6 Å². The topological polar surface area (TPSA) is 161 Å². The Hall–Kier alpha value is -4.56. The SMILES string of the molecule is CCC(CC)OC(=O)N[C@H](C(=O)NN(Cc1ccc(-c2ccccn2)cc1)C[C@H](O)[C@H](Cc1ccccc1)NC(=O)OC1C2COC3OCC1C3C2)C(C)(C)C. The van der Waals surface area contributed by atoms with E-state index < -0.39 is 41.7 Å². The molecular formula is C43H57N5O8. The van der Waals surface area contributed by atoms with E-state index in [1.807, 2.05) is 107 Å². The number of rotatable bonds is 16. The number of nitrogens with zero attached hydrogens (tertiary/aromatic N) is 2. The van der Waals surface area contributed by atoms with E-state index in [0.717, 1.165) is 28.8 Å². The second-order valence-corrected chi connectivity index (χ2v) is 16.3. The van der Waals surface area contributed by atoms with Gasteiger partial charge in [-0.1, -0.05) is 95.3 Å². The highest BCUT2D eigenvalue weighted by molar-refractivity contribution is 5.86. The molecule has 1 aromatic heterocycles. The highest BCUT2D eigenvalue weighted by atomic mass is 16.7. The van der Waals surface area contributed by atoms with Crippen molar-refractivity contribution in [3.05, 3.63) is 90.1 Å². The summed E-state index contributed by atoms with van der Waals surface area (Å²) in [6.45, 7) is 10.5. The van der Waals surface area contributed by atoms with Crippen LogP contribution in [0.3, 0.4) is 0 Å². The molecule has 4 N–H and O–H groups in total. The monoisotopic (exact) mass is 771 g/mol. The first-order valence-electron chi connectivity index (χ1n) is 19.9. The fourth-order valence-electron chi connectivity index (χ4n) is 8.00. The molecule has 3 aliphatic rings. The number of aliphatic hydroxyl groups excluding tert-OH is 1. The molecule has 3 fully saturated rings. The zero-order chi connectivity index (χ0) is 39.8. The summed E-state index contributed by atoms with van der Waals surface area (Å²) in [7, 11) is 0. The molecule has 0 spiro atoms. The van der Waals surface area contributed by atoms with Gasteiger partial charge in [-0.25, -0.2) is 14.6 Å². The maximum Gasteiger partial charge on any atom is 0.408 e. The summed E-state index contributed by atoms with van der Waals surface area (Å²) >= 11 is 0. The maximum absolute atomic E-state index is 14.1. The van der Waals surface area contributed by atoms with E-state index in [1.54, 1.807) is 11.2 Å². The van der Waals surface area contributed by atoms with Crippen LogP contribution in [-0.2, 0) is 36.7 Å². The van der Waals surface area contributed by atoms with Gasteiger partial charge in [0.1, 0.15) is 18.2 Å². The number of alkyl carbamates (subject to hydrolysis) is 2. The molecule has 3 aromatic rings. The Kier molecular flexibility index (Phi) is 13.6. The standard InChI is InChI=1S/C43H57N5O8/c1-6-31(7-2)55-42(52)46-38(43(3,4)5)39(50)47-48(23-28-16-18-29(19-17-28)34-15-11-12-20-44-34)24-36(49)35(21-27-13-9-8-10-14-27)45-41(51)56-37-30-22-32-33(37)26-54-40(32)53-25-30/h8-20,30-33,35-38,40,49H,6-7,21-26H2,1-5H3,(H,45,51)(H,46,52)(H,47,50)/t30?,32?,33?,35-,36-,37?,38+,40?/m0/s1. The number of ether oxygens (including phenoxy) is 4. The van der Waals surface area contributed by atoms with Crippen LogP contribution in [0.5, 0.6) is 0 Å². The predicted molar refractivity (Wildman–Crippen MR) is 210 cm³/mol. The number of aliphatic hydroxyl groups is 1. The third-order valence-corrected chi connectivity index (χ3v) is 11.1. The number of carbonyl (C=O) groups is 3. The van der Waals surface area contributed by atoms with Gasteiger partial charge in [0.2, 0.25) is 0 Å². The van der Waals surface area contributed by atoms with Crippen molar-refractivity contribution in [2.75, 3.05) is 19.8 Å². The Morgan fingerprint density at radius 1 is 0.893 bits per heavy atom. The molecule has 2 saturated heterocycles. The third kappa shape index (κ3) is 10.4. The first kappa shape index (κ1) is 41.1. The van der Waals surface area contributed by atoms with Gasteiger partial charge in [-0.3, -0.25) is 15.2 Å². The Morgan fingerprint density at radius 3 is 2.29 bits per heavy atom. The molecule has 13 heteroatoms. The highest BCUT2D eigenvalue weighted by Gasteiger charge is 2.56. The van der Waals surface area contributed by atoms with E-state index in [9.17, 15) is 19.5 Å². The molecule has 1 aliphatic carbocycles. The van der Waals surface area contributed by atoms with Gasteiger partial charge in [0.15, 0.2) is 6.29 Å². The summed E-state index contributed by atoms with van der Waals surface area (Å²) in [6.07, 6.45) is 0.920. The molecule has 2 aliphatic heterocycles. The minimum Gasteiger partial charge on any atom is -0.446 e. The van der Waals surface area contributed by atoms with Crippen molar-refractivity contribution >= 4 is 18.1 Å². The molecular weight excluding hydrogens is 715 g/mol.